The summed E-state index contributed by atoms with van der Waals surface area (Å²) in [5, 5.41) is 10.8. The Morgan fingerprint density at radius 2 is 1.90 bits per heavy atom. The van der Waals surface area contributed by atoms with Gasteiger partial charge >= 0.3 is 0 Å². The number of nitrogens with one attached hydrogen (secondary N) is 1. The van der Waals surface area contributed by atoms with E-state index in [1.54, 1.807) is 6.92 Å². The number of sulfonamides is 1. The van der Waals surface area contributed by atoms with Gasteiger partial charge < -0.3 is 9.90 Å². The third-order valence-electron chi connectivity index (χ3n) is 2.75. The highest BCUT2D eigenvalue weighted by Gasteiger charge is 2.17. The second-order valence-corrected chi connectivity index (χ2v) is 6.09. The van der Waals surface area contributed by atoms with Crippen molar-refractivity contribution in [2.75, 3.05) is 4.72 Å². The minimum atomic E-state index is -4.09. The summed E-state index contributed by atoms with van der Waals surface area (Å²) >= 11 is 0. The second kappa shape index (κ2) is 5.53. The van der Waals surface area contributed by atoms with E-state index in [-0.39, 0.29) is 16.1 Å². The van der Waals surface area contributed by atoms with E-state index >= 15 is 0 Å². The predicted molar refractivity (Wildman–Crippen MR) is 72.7 cm³/mol. The molecule has 0 aliphatic rings. The fraction of sp³-hybridized carbons (Fsp3) is 0.0714. The predicted octanol–water partition coefficient (Wildman–Crippen LogP) is 1.30. The topological polar surface area (TPSA) is 86.3 Å². The molecular formula is C14H11FNO4S-. The zero-order valence-corrected chi connectivity index (χ0v) is 11.8. The van der Waals surface area contributed by atoms with Crippen LogP contribution in [0.25, 0.3) is 0 Å². The molecule has 0 aliphatic carbocycles. The molecule has 0 spiro atoms. The standard InChI is InChI=1S/C14H12FNO4S/c1-9-5-6-12(15)13(7-9)16-21(19,20)11-4-2-3-10(8-11)14(17)18/h2-8,16H,1H3,(H,17,18)/p-1. The molecule has 0 unspecified atom stereocenters. The van der Waals surface area contributed by atoms with Crippen LogP contribution < -0.4 is 9.83 Å². The average Bonchev–Trinajstić information content (AvgIpc) is 2.43. The molecule has 0 amide bonds. The molecule has 110 valence electrons. The van der Waals surface area contributed by atoms with Gasteiger partial charge in [0.25, 0.3) is 10.0 Å². The van der Waals surface area contributed by atoms with E-state index in [0.29, 0.717) is 5.56 Å². The lowest BCUT2D eigenvalue weighted by molar-refractivity contribution is -0.255. The van der Waals surface area contributed by atoms with Crippen LogP contribution in [-0.4, -0.2) is 14.4 Å². The number of carbonyl (C=O) groups excluding carboxylic acids is 1. The molecule has 2 aromatic rings. The number of hydrogen-bond acceptors (Lipinski definition) is 4. The maximum atomic E-state index is 13.6. The van der Waals surface area contributed by atoms with Gasteiger partial charge in [0.05, 0.1) is 16.6 Å². The lowest BCUT2D eigenvalue weighted by atomic mass is 10.2. The van der Waals surface area contributed by atoms with Crippen LogP contribution >= 0.6 is 0 Å². The Kier molecular flexibility index (Phi) is 3.95. The monoisotopic (exact) mass is 308 g/mol. The number of aryl methyl sites for hydroxylation is 1. The van der Waals surface area contributed by atoms with Gasteiger partial charge in [-0.15, -0.1) is 0 Å². The maximum absolute atomic E-state index is 13.6. The van der Waals surface area contributed by atoms with E-state index in [0.717, 1.165) is 12.1 Å². The third kappa shape index (κ3) is 3.38. The quantitative estimate of drug-likeness (QED) is 0.922. The highest BCUT2D eigenvalue weighted by Crippen LogP contribution is 2.21. The van der Waals surface area contributed by atoms with Gasteiger partial charge in [0, 0.05) is 0 Å². The molecule has 0 fully saturated rings. The van der Waals surface area contributed by atoms with Crippen molar-refractivity contribution in [1.82, 2.24) is 0 Å². The molecule has 0 aliphatic heterocycles. The summed E-state index contributed by atoms with van der Waals surface area (Å²) in [6.45, 7) is 1.69. The van der Waals surface area contributed by atoms with Gasteiger partial charge in [-0.1, -0.05) is 18.2 Å². The number of rotatable bonds is 4. The van der Waals surface area contributed by atoms with Crippen molar-refractivity contribution < 1.29 is 22.7 Å². The van der Waals surface area contributed by atoms with Crippen molar-refractivity contribution >= 4 is 21.7 Å². The minimum Gasteiger partial charge on any atom is -0.545 e. The lowest BCUT2D eigenvalue weighted by Gasteiger charge is -2.11. The van der Waals surface area contributed by atoms with E-state index < -0.39 is 21.8 Å². The first-order valence-corrected chi connectivity index (χ1v) is 7.38. The first kappa shape index (κ1) is 15.0. The molecule has 0 heterocycles. The largest absolute Gasteiger partial charge is 0.545 e. The van der Waals surface area contributed by atoms with Crippen LogP contribution in [0.5, 0.6) is 0 Å². The Bertz CT molecular complexity index is 802. The number of hydrogen-bond donors (Lipinski definition) is 1. The zero-order valence-electron chi connectivity index (χ0n) is 11.0. The summed E-state index contributed by atoms with van der Waals surface area (Å²) in [5.41, 5.74) is 0.203. The Labute approximate surface area is 121 Å². The van der Waals surface area contributed by atoms with Gasteiger partial charge in [0.15, 0.2) is 0 Å². The molecule has 2 aromatic carbocycles. The van der Waals surface area contributed by atoms with E-state index in [1.165, 1.54) is 30.3 Å². The summed E-state index contributed by atoms with van der Waals surface area (Å²) < 4.78 is 40.0. The fourth-order valence-electron chi connectivity index (χ4n) is 1.71. The minimum absolute atomic E-state index is 0.200. The van der Waals surface area contributed by atoms with Crippen LogP contribution in [-0.2, 0) is 10.0 Å². The number of aromatic carboxylic acids is 1. The van der Waals surface area contributed by atoms with E-state index in [2.05, 4.69) is 4.72 Å². The molecule has 0 aromatic heterocycles. The van der Waals surface area contributed by atoms with Crippen molar-refractivity contribution in [1.29, 1.82) is 0 Å². The molecule has 0 radical (unpaired) electrons. The molecule has 0 bridgehead atoms. The van der Waals surface area contributed by atoms with Gasteiger partial charge in [-0.2, -0.15) is 0 Å². The van der Waals surface area contributed by atoms with Gasteiger partial charge in [0.2, 0.25) is 0 Å². The summed E-state index contributed by atoms with van der Waals surface area (Å²) in [5.74, 6) is -2.21. The van der Waals surface area contributed by atoms with Crippen LogP contribution in [0.4, 0.5) is 10.1 Å². The normalized spacial score (nSPS) is 11.1. The third-order valence-corrected chi connectivity index (χ3v) is 4.11. The first-order chi connectivity index (χ1) is 9.79. The average molecular weight is 308 g/mol. The van der Waals surface area contributed by atoms with Crippen molar-refractivity contribution in [3.8, 4) is 0 Å². The Morgan fingerprint density at radius 1 is 1.19 bits per heavy atom. The highest BCUT2D eigenvalue weighted by molar-refractivity contribution is 7.92. The second-order valence-electron chi connectivity index (χ2n) is 4.40. The van der Waals surface area contributed by atoms with E-state index in [9.17, 15) is 22.7 Å². The number of carbonyl (C=O) groups is 1. The van der Waals surface area contributed by atoms with E-state index in [1.807, 2.05) is 0 Å². The smallest absolute Gasteiger partial charge is 0.262 e. The zero-order chi connectivity index (χ0) is 15.6. The molecule has 7 heteroatoms. The van der Waals surface area contributed by atoms with Crippen molar-refractivity contribution in [3.05, 3.63) is 59.4 Å². The van der Waals surface area contributed by atoms with Crippen LogP contribution in [0.3, 0.4) is 0 Å². The molecule has 0 atom stereocenters. The highest BCUT2D eigenvalue weighted by atomic mass is 32.2. The molecule has 2 rings (SSSR count). The van der Waals surface area contributed by atoms with Crippen molar-refractivity contribution in [3.63, 3.8) is 0 Å². The number of carboxylic acid groups (broad SMARTS) is 1. The number of carboxylic acids is 1. The van der Waals surface area contributed by atoms with E-state index in [4.69, 9.17) is 0 Å². The molecule has 5 nitrogen and oxygen atoms in total. The molecule has 1 N–H and O–H groups in total. The lowest BCUT2D eigenvalue weighted by Crippen LogP contribution is -2.23. The summed E-state index contributed by atoms with van der Waals surface area (Å²) in [4.78, 5) is 10.5. The van der Waals surface area contributed by atoms with Crippen LogP contribution in [0.2, 0.25) is 0 Å². The molecular weight excluding hydrogens is 297 g/mol. The first-order valence-electron chi connectivity index (χ1n) is 5.90. The summed E-state index contributed by atoms with van der Waals surface area (Å²) in [6, 6.07) is 8.63. The maximum Gasteiger partial charge on any atom is 0.262 e. The Hall–Kier alpha value is -2.41. The summed E-state index contributed by atoms with van der Waals surface area (Å²) in [7, 11) is -4.09. The number of anilines is 1. The SMILES string of the molecule is Cc1ccc(F)c(NS(=O)(=O)c2cccc(C(=O)[O-])c2)c1. The molecule has 0 saturated heterocycles. The van der Waals surface area contributed by atoms with Crippen LogP contribution in [0.1, 0.15) is 15.9 Å². The van der Waals surface area contributed by atoms with Gasteiger partial charge in [-0.25, -0.2) is 12.8 Å². The number of halogens is 1. The molecule has 21 heavy (non-hydrogen) atoms. The molecule has 0 saturated carbocycles. The number of benzene rings is 2. The van der Waals surface area contributed by atoms with Gasteiger partial charge in [0.1, 0.15) is 5.82 Å². The van der Waals surface area contributed by atoms with Crippen LogP contribution in [0, 0.1) is 12.7 Å². The van der Waals surface area contributed by atoms with Crippen molar-refractivity contribution in [2.45, 2.75) is 11.8 Å². The van der Waals surface area contributed by atoms with Crippen molar-refractivity contribution in [2.24, 2.45) is 0 Å². The van der Waals surface area contributed by atoms with Gasteiger partial charge in [-0.05, 0) is 42.3 Å². The Morgan fingerprint density at radius 3 is 2.57 bits per heavy atom. The fourth-order valence-corrected chi connectivity index (χ4v) is 2.81. The van der Waals surface area contributed by atoms with Crippen LogP contribution in [0.15, 0.2) is 47.4 Å². The van der Waals surface area contributed by atoms with Gasteiger partial charge in [-0.3, -0.25) is 4.72 Å². The summed E-state index contributed by atoms with van der Waals surface area (Å²) in [6.07, 6.45) is 0. The Balaban J connectivity index is 2.41.